The highest BCUT2D eigenvalue weighted by atomic mass is 16.5. The number of hydrogen-bond donors (Lipinski definition) is 1. The first-order valence-electron chi connectivity index (χ1n) is 9.18. The summed E-state index contributed by atoms with van der Waals surface area (Å²) in [7, 11) is 3.30. The highest BCUT2D eigenvalue weighted by molar-refractivity contribution is 5.94. The summed E-state index contributed by atoms with van der Waals surface area (Å²) in [4.78, 5) is 17.1. The summed E-state index contributed by atoms with van der Waals surface area (Å²) in [6, 6.07) is 15.3. The second-order valence-electron chi connectivity index (χ2n) is 6.61. The highest BCUT2D eigenvalue weighted by Gasteiger charge is 2.25. The first-order valence-corrected chi connectivity index (χ1v) is 9.18. The quantitative estimate of drug-likeness (QED) is 0.849. The van der Waals surface area contributed by atoms with Crippen LogP contribution in [0.5, 0.6) is 11.5 Å². The van der Waals surface area contributed by atoms with Gasteiger partial charge in [0.15, 0.2) is 0 Å². The van der Waals surface area contributed by atoms with Crippen LogP contribution in [-0.4, -0.2) is 57.2 Å². The third-order valence-electron chi connectivity index (χ3n) is 5.04. The van der Waals surface area contributed by atoms with Gasteiger partial charge in [0.25, 0.3) is 0 Å². The molecule has 3 rings (SSSR count). The summed E-state index contributed by atoms with van der Waals surface area (Å²) < 4.78 is 10.4. The van der Waals surface area contributed by atoms with Crippen LogP contribution in [0.1, 0.15) is 6.92 Å². The molecule has 144 valence electrons. The Kier molecular flexibility index (Phi) is 6.19. The third kappa shape index (κ3) is 4.71. The SMILES string of the molecule is COc1ccc(NC(=O)[C@H](C)N2CCN(c3ccc(OC)cc3)CC2)cc1. The van der Waals surface area contributed by atoms with Crippen LogP contribution < -0.4 is 19.7 Å². The Morgan fingerprint density at radius 2 is 1.41 bits per heavy atom. The molecule has 0 saturated carbocycles. The minimum absolute atomic E-state index is 0.0121. The number of benzene rings is 2. The molecule has 1 amide bonds. The monoisotopic (exact) mass is 369 g/mol. The zero-order valence-electron chi connectivity index (χ0n) is 16.1. The summed E-state index contributed by atoms with van der Waals surface area (Å²) in [5.41, 5.74) is 1.97. The maximum atomic E-state index is 12.6. The normalized spacial score (nSPS) is 15.9. The Balaban J connectivity index is 1.52. The summed E-state index contributed by atoms with van der Waals surface area (Å²) >= 11 is 0. The molecular formula is C21H27N3O3. The molecule has 0 radical (unpaired) electrons. The van der Waals surface area contributed by atoms with E-state index in [-0.39, 0.29) is 11.9 Å². The molecule has 1 aliphatic heterocycles. The van der Waals surface area contributed by atoms with Crippen LogP contribution in [0.2, 0.25) is 0 Å². The lowest BCUT2D eigenvalue weighted by Crippen LogP contribution is -2.52. The first-order chi connectivity index (χ1) is 13.1. The molecule has 6 heteroatoms. The van der Waals surface area contributed by atoms with Crippen molar-refractivity contribution in [2.24, 2.45) is 0 Å². The van der Waals surface area contributed by atoms with Gasteiger partial charge in [-0.1, -0.05) is 0 Å². The first kappa shape index (κ1) is 19.0. The second kappa shape index (κ2) is 8.77. The van der Waals surface area contributed by atoms with Crippen molar-refractivity contribution in [3.05, 3.63) is 48.5 Å². The van der Waals surface area contributed by atoms with Gasteiger partial charge >= 0.3 is 0 Å². The van der Waals surface area contributed by atoms with Gasteiger partial charge in [0.1, 0.15) is 11.5 Å². The average molecular weight is 369 g/mol. The summed E-state index contributed by atoms with van der Waals surface area (Å²) in [6.45, 7) is 5.45. The number of piperazine rings is 1. The van der Waals surface area contributed by atoms with E-state index in [0.29, 0.717) is 0 Å². The Bertz CT molecular complexity index is 738. The zero-order chi connectivity index (χ0) is 19.2. The lowest BCUT2D eigenvalue weighted by molar-refractivity contribution is -0.120. The van der Waals surface area contributed by atoms with E-state index in [1.807, 2.05) is 43.3 Å². The number of carbonyl (C=O) groups excluding carboxylic acids is 1. The van der Waals surface area contributed by atoms with Crippen LogP contribution in [0.25, 0.3) is 0 Å². The minimum atomic E-state index is -0.176. The molecule has 1 fully saturated rings. The lowest BCUT2D eigenvalue weighted by Gasteiger charge is -2.38. The van der Waals surface area contributed by atoms with Crippen molar-refractivity contribution in [2.75, 3.05) is 50.6 Å². The smallest absolute Gasteiger partial charge is 0.241 e. The zero-order valence-corrected chi connectivity index (χ0v) is 16.1. The highest BCUT2D eigenvalue weighted by Crippen LogP contribution is 2.21. The molecule has 6 nitrogen and oxygen atoms in total. The van der Waals surface area contributed by atoms with Gasteiger partial charge in [0.2, 0.25) is 5.91 Å². The number of hydrogen-bond acceptors (Lipinski definition) is 5. The molecule has 1 N–H and O–H groups in total. The molecule has 0 aliphatic carbocycles. The van der Waals surface area contributed by atoms with Crippen LogP contribution in [0.4, 0.5) is 11.4 Å². The molecule has 1 aliphatic rings. The predicted octanol–water partition coefficient (Wildman–Crippen LogP) is 2.85. The maximum Gasteiger partial charge on any atom is 0.241 e. The van der Waals surface area contributed by atoms with Gasteiger partial charge in [-0.15, -0.1) is 0 Å². The van der Waals surface area contributed by atoms with Crippen LogP contribution in [-0.2, 0) is 4.79 Å². The van der Waals surface area contributed by atoms with Crippen molar-refractivity contribution < 1.29 is 14.3 Å². The van der Waals surface area contributed by atoms with Crippen LogP contribution in [0, 0.1) is 0 Å². The molecule has 0 spiro atoms. The van der Waals surface area contributed by atoms with E-state index >= 15 is 0 Å². The molecule has 0 aromatic heterocycles. The van der Waals surface area contributed by atoms with Crippen molar-refractivity contribution in [2.45, 2.75) is 13.0 Å². The molecule has 27 heavy (non-hydrogen) atoms. The van der Waals surface area contributed by atoms with Crippen molar-refractivity contribution in [3.63, 3.8) is 0 Å². The van der Waals surface area contributed by atoms with E-state index in [2.05, 4.69) is 27.2 Å². The van der Waals surface area contributed by atoms with Crippen LogP contribution in [0.15, 0.2) is 48.5 Å². The Hall–Kier alpha value is -2.73. The summed E-state index contributed by atoms with van der Waals surface area (Å²) in [5.74, 6) is 1.65. The van der Waals surface area contributed by atoms with Gasteiger partial charge in [0.05, 0.1) is 20.3 Å². The third-order valence-corrected chi connectivity index (χ3v) is 5.04. The van der Waals surface area contributed by atoms with Crippen molar-refractivity contribution in [1.29, 1.82) is 0 Å². The molecular weight excluding hydrogens is 342 g/mol. The molecule has 1 heterocycles. The number of nitrogens with zero attached hydrogens (tertiary/aromatic N) is 2. The van der Waals surface area contributed by atoms with Crippen LogP contribution in [0.3, 0.4) is 0 Å². The van der Waals surface area contributed by atoms with Crippen molar-refractivity contribution >= 4 is 17.3 Å². The van der Waals surface area contributed by atoms with Crippen molar-refractivity contribution in [1.82, 2.24) is 4.90 Å². The Labute approximate surface area is 160 Å². The fourth-order valence-electron chi connectivity index (χ4n) is 3.25. The topological polar surface area (TPSA) is 54.0 Å². The van der Waals surface area contributed by atoms with Gasteiger partial charge in [-0.25, -0.2) is 0 Å². The van der Waals surface area contributed by atoms with Gasteiger partial charge in [-0.05, 0) is 55.5 Å². The van der Waals surface area contributed by atoms with Gasteiger partial charge in [0, 0.05) is 37.6 Å². The fourth-order valence-corrected chi connectivity index (χ4v) is 3.25. The summed E-state index contributed by atoms with van der Waals surface area (Å²) in [6.07, 6.45) is 0. The van der Waals surface area contributed by atoms with E-state index in [9.17, 15) is 4.79 Å². The van der Waals surface area contributed by atoms with E-state index < -0.39 is 0 Å². The van der Waals surface area contributed by atoms with E-state index in [4.69, 9.17) is 9.47 Å². The number of carbonyl (C=O) groups is 1. The van der Waals surface area contributed by atoms with E-state index in [1.54, 1.807) is 14.2 Å². The van der Waals surface area contributed by atoms with Crippen molar-refractivity contribution in [3.8, 4) is 11.5 Å². The Morgan fingerprint density at radius 1 is 0.889 bits per heavy atom. The minimum Gasteiger partial charge on any atom is -0.497 e. The number of methoxy groups -OCH3 is 2. The average Bonchev–Trinajstić information content (AvgIpc) is 2.74. The fraction of sp³-hybridized carbons (Fsp3) is 0.381. The molecule has 2 aromatic carbocycles. The number of nitrogens with one attached hydrogen (secondary N) is 1. The molecule has 1 saturated heterocycles. The molecule has 2 aromatic rings. The molecule has 0 bridgehead atoms. The second-order valence-corrected chi connectivity index (χ2v) is 6.61. The predicted molar refractivity (Wildman–Crippen MR) is 108 cm³/mol. The van der Waals surface area contributed by atoms with E-state index in [0.717, 1.165) is 43.4 Å². The largest absolute Gasteiger partial charge is 0.497 e. The number of amides is 1. The van der Waals surface area contributed by atoms with Gasteiger partial charge < -0.3 is 19.7 Å². The maximum absolute atomic E-state index is 12.6. The number of rotatable bonds is 6. The molecule has 1 atom stereocenters. The van der Waals surface area contributed by atoms with E-state index in [1.165, 1.54) is 5.69 Å². The molecule has 0 unspecified atom stereocenters. The van der Waals surface area contributed by atoms with Crippen LogP contribution >= 0.6 is 0 Å². The number of anilines is 2. The lowest BCUT2D eigenvalue weighted by atomic mass is 10.2. The standard InChI is InChI=1S/C21H27N3O3/c1-16(21(25)22-17-4-8-19(26-2)9-5-17)23-12-14-24(15-13-23)18-6-10-20(27-3)11-7-18/h4-11,16H,12-15H2,1-3H3,(H,22,25)/t16-/m0/s1. The summed E-state index contributed by atoms with van der Waals surface area (Å²) in [5, 5.41) is 2.98. The Morgan fingerprint density at radius 3 is 1.93 bits per heavy atom. The van der Waals surface area contributed by atoms with Gasteiger partial charge in [-0.3, -0.25) is 9.69 Å². The number of ether oxygens (including phenoxy) is 2. The van der Waals surface area contributed by atoms with Gasteiger partial charge in [-0.2, -0.15) is 0 Å².